The molecule has 2 aliphatic heterocycles. The minimum Gasteiger partial charge on any atom is -0.450 e. The second kappa shape index (κ2) is 5.63. The second-order valence-electron chi connectivity index (χ2n) is 6.67. The summed E-state index contributed by atoms with van der Waals surface area (Å²) < 4.78 is 12.1. The minimum atomic E-state index is 0.0562. The first-order valence-corrected chi connectivity index (χ1v) is 9.59. The highest BCUT2D eigenvalue weighted by atomic mass is 32.2. The van der Waals surface area contributed by atoms with E-state index in [2.05, 4.69) is 15.3 Å². The first kappa shape index (κ1) is 14.5. The van der Waals surface area contributed by atoms with E-state index in [4.69, 9.17) is 9.15 Å². The lowest BCUT2D eigenvalue weighted by Gasteiger charge is -2.38. The topological polar surface area (TPSA) is 60.2 Å². The van der Waals surface area contributed by atoms with Crippen LogP contribution in [0.3, 0.4) is 0 Å². The molecule has 2 atom stereocenters. The first-order valence-electron chi connectivity index (χ1n) is 8.44. The zero-order valence-electron chi connectivity index (χ0n) is 13.3. The fraction of sp³-hybridized carbons (Fsp3) is 0.444. The molecule has 1 aromatic carbocycles. The SMILES string of the molecule is c1ccc2c(c1)oc1c(N[C@H]3CCO[C@]4(CCSC4)C3)ncnc12. The third kappa shape index (κ3) is 2.36. The van der Waals surface area contributed by atoms with Gasteiger partial charge in [0.05, 0.1) is 5.60 Å². The Morgan fingerprint density at radius 2 is 2.21 bits per heavy atom. The fourth-order valence-corrected chi connectivity index (χ4v) is 5.21. The molecule has 0 saturated carbocycles. The number of fused-ring (bicyclic) bond motifs is 3. The van der Waals surface area contributed by atoms with E-state index in [-0.39, 0.29) is 5.60 Å². The van der Waals surface area contributed by atoms with Crippen molar-refractivity contribution in [1.82, 2.24) is 9.97 Å². The number of hydrogen-bond donors (Lipinski definition) is 1. The van der Waals surface area contributed by atoms with Gasteiger partial charge in [-0.2, -0.15) is 11.8 Å². The Morgan fingerprint density at radius 1 is 1.25 bits per heavy atom. The third-order valence-electron chi connectivity index (χ3n) is 5.06. The van der Waals surface area contributed by atoms with Crippen molar-refractivity contribution < 1.29 is 9.15 Å². The summed E-state index contributed by atoms with van der Waals surface area (Å²) in [6, 6.07) is 8.36. The Bertz CT molecular complexity index is 888. The highest BCUT2D eigenvalue weighted by molar-refractivity contribution is 7.99. The van der Waals surface area contributed by atoms with Crippen LogP contribution in [0.5, 0.6) is 0 Å². The summed E-state index contributed by atoms with van der Waals surface area (Å²) in [7, 11) is 0. The maximum Gasteiger partial charge on any atom is 0.196 e. The van der Waals surface area contributed by atoms with Crippen molar-refractivity contribution in [1.29, 1.82) is 0 Å². The average Bonchev–Trinajstić information content (AvgIpc) is 3.20. The predicted molar refractivity (Wildman–Crippen MR) is 96.6 cm³/mol. The third-order valence-corrected chi connectivity index (χ3v) is 6.28. The van der Waals surface area contributed by atoms with Crippen LogP contribution in [0.1, 0.15) is 19.3 Å². The van der Waals surface area contributed by atoms with Crippen LogP contribution in [0.25, 0.3) is 22.1 Å². The van der Waals surface area contributed by atoms with E-state index in [9.17, 15) is 0 Å². The summed E-state index contributed by atoms with van der Waals surface area (Å²) in [6.07, 6.45) is 4.80. The number of aromatic nitrogens is 2. The molecule has 5 nitrogen and oxygen atoms in total. The van der Waals surface area contributed by atoms with Crippen molar-refractivity contribution in [3.05, 3.63) is 30.6 Å². The highest BCUT2D eigenvalue weighted by Gasteiger charge is 2.40. The van der Waals surface area contributed by atoms with Gasteiger partial charge in [-0.05, 0) is 37.1 Å². The van der Waals surface area contributed by atoms with E-state index in [1.54, 1.807) is 6.33 Å². The number of rotatable bonds is 2. The number of para-hydroxylation sites is 1. The van der Waals surface area contributed by atoms with Gasteiger partial charge in [0.1, 0.15) is 17.4 Å². The molecule has 24 heavy (non-hydrogen) atoms. The molecule has 2 aromatic heterocycles. The minimum absolute atomic E-state index is 0.0562. The predicted octanol–water partition coefficient (Wildman–Crippen LogP) is 3.84. The van der Waals surface area contributed by atoms with Crippen LogP contribution in [0.2, 0.25) is 0 Å². The van der Waals surface area contributed by atoms with E-state index in [0.717, 1.165) is 59.5 Å². The Labute approximate surface area is 144 Å². The number of anilines is 1. The Hall–Kier alpha value is -1.79. The highest BCUT2D eigenvalue weighted by Crippen LogP contribution is 2.39. The quantitative estimate of drug-likeness (QED) is 0.764. The molecule has 124 valence electrons. The van der Waals surface area contributed by atoms with Crippen LogP contribution >= 0.6 is 11.8 Å². The van der Waals surface area contributed by atoms with E-state index in [1.165, 1.54) is 5.75 Å². The van der Waals surface area contributed by atoms with Gasteiger partial charge in [-0.1, -0.05) is 12.1 Å². The summed E-state index contributed by atoms with van der Waals surface area (Å²) in [6.45, 7) is 0.812. The standard InChI is InChI=1S/C18H19N3O2S/c1-2-4-14-13(3-1)15-16(23-14)17(20-11-19-15)21-12-5-7-22-18(9-12)6-8-24-10-18/h1-4,11-12H,5-10H2,(H,19,20,21)/t12-,18+/m0/s1. The van der Waals surface area contributed by atoms with Crippen molar-refractivity contribution in [2.45, 2.75) is 30.9 Å². The Morgan fingerprint density at radius 3 is 3.12 bits per heavy atom. The largest absolute Gasteiger partial charge is 0.450 e. The number of nitrogens with one attached hydrogen (secondary N) is 1. The lowest BCUT2D eigenvalue weighted by Crippen LogP contribution is -2.44. The van der Waals surface area contributed by atoms with E-state index in [0.29, 0.717) is 6.04 Å². The molecule has 5 rings (SSSR count). The van der Waals surface area contributed by atoms with Gasteiger partial charge in [0.15, 0.2) is 11.4 Å². The average molecular weight is 341 g/mol. The summed E-state index contributed by atoms with van der Waals surface area (Å²) in [4.78, 5) is 8.87. The summed E-state index contributed by atoms with van der Waals surface area (Å²) in [5.74, 6) is 3.10. The Balaban J connectivity index is 1.48. The van der Waals surface area contributed by atoms with Gasteiger partial charge in [-0.3, -0.25) is 0 Å². The number of ether oxygens (including phenoxy) is 1. The molecule has 2 saturated heterocycles. The number of benzene rings is 1. The zero-order valence-corrected chi connectivity index (χ0v) is 14.1. The monoisotopic (exact) mass is 341 g/mol. The number of furan rings is 1. The van der Waals surface area contributed by atoms with Crippen molar-refractivity contribution in [3.63, 3.8) is 0 Å². The maximum atomic E-state index is 6.11. The first-order chi connectivity index (χ1) is 11.8. The molecule has 1 N–H and O–H groups in total. The van der Waals surface area contributed by atoms with Crippen LogP contribution in [0, 0.1) is 0 Å². The van der Waals surface area contributed by atoms with E-state index >= 15 is 0 Å². The number of nitrogens with zero attached hydrogens (tertiary/aromatic N) is 2. The normalized spacial score (nSPS) is 27.2. The van der Waals surface area contributed by atoms with Crippen LogP contribution in [0.4, 0.5) is 5.82 Å². The molecular weight excluding hydrogens is 322 g/mol. The molecule has 0 amide bonds. The molecule has 0 unspecified atom stereocenters. The zero-order chi connectivity index (χ0) is 16.0. The van der Waals surface area contributed by atoms with Gasteiger partial charge in [-0.25, -0.2) is 9.97 Å². The van der Waals surface area contributed by atoms with Gasteiger partial charge in [0.2, 0.25) is 0 Å². The van der Waals surface area contributed by atoms with E-state index < -0.39 is 0 Å². The van der Waals surface area contributed by atoms with Crippen LogP contribution < -0.4 is 5.32 Å². The molecule has 2 aliphatic rings. The molecule has 0 bridgehead atoms. The molecule has 1 spiro atoms. The summed E-state index contributed by atoms with van der Waals surface area (Å²) >= 11 is 2.00. The molecule has 3 aromatic rings. The van der Waals surface area contributed by atoms with Gasteiger partial charge in [-0.15, -0.1) is 0 Å². The van der Waals surface area contributed by atoms with E-state index in [1.807, 2.05) is 36.0 Å². The molecule has 0 aliphatic carbocycles. The van der Waals surface area contributed by atoms with Gasteiger partial charge < -0.3 is 14.5 Å². The molecule has 2 fully saturated rings. The van der Waals surface area contributed by atoms with Crippen LogP contribution in [0.15, 0.2) is 35.0 Å². The van der Waals surface area contributed by atoms with Crippen molar-refractivity contribution >= 4 is 39.6 Å². The van der Waals surface area contributed by atoms with Crippen LogP contribution in [-0.2, 0) is 4.74 Å². The molecule has 0 radical (unpaired) electrons. The molecule has 6 heteroatoms. The van der Waals surface area contributed by atoms with Crippen molar-refractivity contribution in [2.24, 2.45) is 0 Å². The van der Waals surface area contributed by atoms with Gasteiger partial charge in [0, 0.05) is 23.8 Å². The number of hydrogen-bond acceptors (Lipinski definition) is 6. The van der Waals surface area contributed by atoms with Crippen molar-refractivity contribution in [2.75, 3.05) is 23.4 Å². The lowest BCUT2D eigenvalue weighted by molar-refractivity contribution is -0.0628. The lowest BCUT2D eigenvalue weighted by atomic mass is 9.90. The second-order valence-corrected chi connectivity index (χ2v) is 7.77. The van der Waals surface area contributed by atoms with Gasteiger partial charge >= 0.3 is 0 Å². The van der Waals surface area contributed by atoms with Crippen molar-refractivity contribution in [3.8, 4) is 0 Å². The van der Waals surface area contributed by atoms with Gasteiger partial charge in [0.25, 0.3) is 0 Å². The molecular formula is C18H19N3O2S. The smallest absolute Gasteiger partial charge is 0.196 e. The fourth-order valence-electron chi connectivity index (χ4n) is 3.83. The summed E-state index contributed by atoms with van der Waals surface area (Å²) in [5.41, 5.74) is 2.54. The molecule has 4 heterocycles. The Kier molecular flexibility index (Phi) is 3.41. The van der Waals surface area contributed by atoms with Crippen LogP contribution in [-0.4, -0.2) is 39.7 Å². The summed E-state index contributed by atoms with van der Waals surface area (Å²) in [5, 5.41) is 4.64. The maximum absolute atomic E-state index is 6.11. The number of thioether (sulfide) groups is 1.